The molecule has 0 saturated carbocycles. The number of nitrogens with zero attached hydrogens (tertiary/aromatic N) is 1. The van der Waals surface area contributed by atoms with Crippen molar-refractivity contribution in [2.24, 2.45) is 0 Å². The summed E-state index contributed by atoms with van der Waals surface area (Å²) in [5, 5.41) is 2.68. The molecule has 0 bridgehead atoms. The second-order valence-electron chi connectivity index (χ2n) is 2.87. The van der Waals surface area contributed by atoms with Gasteiger partial charge in [-0.2, -0.15) is 0 Å². The van der Waals surface area contributed by atoms with Crippen LogP contribution in [0.3, 0.4) is 0 Å². The van der Waals surface area contributed by atoms with E-state index in [1.807, 2.05) is 0 Å². The van der Waals surface area contributed by atoms with E-state index < -0.39 is 0 Å². The molecule has 0 atom stereocenters. The lowest BCUT2D eigenvalue weighted by molar-refractivity contribution is 0.0441. The fourth-order valence-corrected chi connectivity index (χ4v) is 0.614. The fraction of sp³-hybridized carbons (Fsp3) is 0.875. The molecule has 0 aromatic carbocycles. The van der Waals surface area contributed by atoms with E-state index in [0.717, 1.165) is 13.0 Å². The van der Waals surface area contributed by atoms with Crippen LogP contribution in [0, 0.1) is 0 Å². The third-order valence-corrected chi connectivity index (χ3v) is 1.34. The summed E-state index contributed by atoms with van der Waals surface area (Å²) in [5.74, 6) is 0. The van der Waals surface area contributed by atoms with Crippen LogP contribution in [-0.4, -0.2) is 44.7 Å². The highest BCUT2D eigenvalue weighted by Crippen LogP contribution is 1.76. The van der Waals surface area contributed by atoms with Crippen molar-refractivity contribution in [3.05, 3.63) is 0 Å². The first-order valence-electron chi connectivity index (χ1n) is 4.48. The third kappa shape index (κ3) is 7.55. The molecule has 2 N–H and O–H groups in total. The minimum absolute atomic E-state index is 0.0981. The lowest BCUT2D eigenvalue weighted by atomic mass is 10.5. The SMILES string of the molecule is CCCNOCCNC(=O)N(C)C. The maximum atomic E-state index is 11.0. The van der Waals surface area contributed by atoms with Crippen LogP contribution in [-0.2, 0) is 4.84 Å². The molecule has 2 amide bonds. The van der Waals surface area contributed by atoms with E-state index in [0.29, 0.717) is 13.2 Å². The predicted octanol–water partition coefficient (Wildman–Crippen LogP) is 0.189. The minimum atomic E-state index is -0.0981. The highest BCUT2D eigenvalue weighted by Gasteiger charge is 1.99. The predicted molar refractivity (Wildman–Crippen MR) is 51.3 cm³/mol. The molecule has 13 heavy (non-hydrogen) atoms. The Morgan fingerprint density at radius 3 is 2.62 bits per heavy atom. The lowest BCUT2D eigenvalue weighted by Crippen LogP contribution is -2.37. The van der Waals surface area contributed by atoms with Crippen molar-refractivity contribution in [3.8, 4) is 0 Å². The number of urea groups is 1. The molecule has 0 aromatic rings. The van der Waals surface area contributed by atoms with Gasteiger partial charge in [0.1, 0.15) is 0 Å². The zero-order chi connectivity index (χ0) is 10.1. The van der Waals surface area contributed by atoms with Gasteiger partial charge < -0.3 is 10.2 Å². The van der Waals surface area contributed by atoms with Crippen LogP contribution in [0.15, 0.2) is 0 Å². The van der Waals surface area contributed by atoms with Crippen LogP contribution in [0.5, 0.6) is 0 Å². The molecular weight excluding hydrogens is 170 g/mol. The first-order chi connectivity index (χ1) is 6.18. The average Bonchev–Trinajstić information content (AvgIpc) is 2.10. The second kappa shape index (κ2) is 7.82. The van der Waals surface area contributed by atoms with Crippen molar-refractivity contribution >= 4 is 6.03 Å². The Morgan fingerprint density at radius 2 is 2.08 bits per heavy atom. The first kappa shape index (κ1) is 12.2. The fourth-order valence-electron chi connectivity index (χ4n) is 0.614. The van der Waals surface area contributed by atoms with E-state index >= 15 is 0 Å². The van der Waals surface area contributed by atoms with Crippen molar-refractivity contribution in [1.82, 2.24) is 15.7 Å². The normalized spacial score (nSPS) is 9.77. The van der Waals surface area contributed by atoms with E-state index in [4.69, 9.17) is 4.84 Å². The molecule has 0 aliphatic heterocycles. The molecule has 0 radical (unpaired) electrons. The van der Waals surface area contributed by atoms with Crippen LogP contribution >= 0.6 is 0 Å². The summed E-state index contributed by atoms with van der Waals surface area (Å²) >= 11 is 0. The van der Waals surface area contributed by atoms with Crippen LogP contribution in [0.25, 0.3) is 0 Å². The molecule has 78 valence electrons. The summed E-state index contributed by atoms with van der Waals surface area (Å²) in [6.45, 7) is 3.90. The lowest BCUT2D eigenvalue weighted by Gasteiger charge is -2.11. The van der Waals surface area contributed by atoms with Crippen LogP contribution in [0.4, 0.5) is 4.79 Å². The van der Waals surface area contributed by atoms with Gasteiger partial charge >= 0.3 is 6.03 Å². The van der Waals surface area contributed by atoms with Gasteiger partial charge in [0.2, 0.25) is 0 Å². The molecule has 0 spiro atoms. The summed E-state index contributed by atoms with van der Waals surface area (Å²) in [6, 6.07) is -0.0981. The molecule has 0 unspecified atom stereocenters. The van der Waals surface area contributed by atoms with Crippen molar-refractivity contribution in [3.63, 3.8) is 0 Å². The van der Waals surface area contributed by atoms with Crippen molar-refractivity contribution in [1.29, 1.82) is 0 Å². The van der Waals surface area contributed by atoms with Crippen molar-refractivity contribution in [2.75, 3.05) is 33.8 Å². The number of hydroxylamine groups is 1. The van der Waals surface area contributed by atoms with Gasteiger partial charge in [-0.1, -0.05) is 6.92 Å². The number of carbonyl (C=O) groups is 1. The molecule has 0 aliphatic carbocycles. The average molecular weight is 189 g/mol. The number of rotatable bonds is 6. The summed E-state index contributed by atoms with van der Waals surface area (Å²) < 4.78 is 0. The summed E-state index contributed by atoms with van der Waals surface area (Å²) in [5.41, 5.74) is 2.77. The maximum absolute atomic E-state index is 11.0. The summed E-state index contributed by atoms with van der Waals surface area (Å²) in [6.07, 6.45) is 1.03. The largest absolute Gasteiger partial charge is 0.336 e. The summed E-state index contributed by atoms with van der Waals surface area (Å²) in [4.78, 5) is 17.5. The van der Waals surface area contributed by atoms with Crippen LogP contribution in [0.1, 0.15) is 13.3 Å². The minimum Gasteiger partial charge on any atom is -0.336 e. The van der Waals surface area contributed by atoms with Gasteiger partial charge in [0.05, 0.1) is 6.61 Å². The van der Waals surface area contributed by atoms with E-state index in [2.05, 4.69) is 17.7 Å². The maximum Gasteiger partial charge on any atom is 0.316 e. The van der Waals surface area contributed by atoms with Gasteiger partial charge in [-0.3, -0.25) is 4.84 Å². The summed E-state index contributed by atoms with van der Waals surface area (Å²) in [7, 11) is 3.40. The number of nitrogens with one attached hydrogen (secondary N) is 2. The van der Waals surface area contributed by atoms with Gasteiger partial charge in [-0.15, -0.1) is 0 Å². The van der Waals surface area contributed by atoms with E-state index in [-0.39, 0.29) is 6.03 Å². The van der Waals surface area contributed by atoms with Gasteiger partial charge in [0.25, 0.3) is 0 Å². The molecule has 0 fully saturated rings. The Balaban J connectivity index is 3.12. The second-order valence-corrected chi connectivity index (χ2v) is 2.87. The number of hydrogen-bond donors (Lipinski definition) is 2. The Hall–Kier alpha value is -0.810. The van der Waals surface area contributed by atoms with Gasteiger partial charge in [0, 0.05) is 27.2 Å². The zero-order valence-electron chi connectivity index (χ0n) is 8.59. The van der Waals surface area contributed by atoms with Crippen LogP contribution in [0.2, 0.25) is 0 Å². The van der Waals surface area contributed by atoms with Gasteiger partial charge in [-0.25, -0.2) is 10.3 Å². The quantitative estimate of drug-likeness (QED) is 0.463. The smallest absolute Gasteiger partial charge is 0.316 e. The third-order valence-electron chi connectivity index (χ3n) is 1.34. The Labute approximate surface area is 79.4 Å². The van der Waals surface area contributed by atoms with Crippen LogP contribution < -0.4 is 10.8 Å². The molecule has 0 rings (SSSR count). The Bertz CT molecular complexity index is 139. The zero-order valence-corrected chi connectivity index (χ0v) is 8.59. The number of carbonyl (C=O) groups excluding carboxylic acids is 1. The highest BCUT2D eigenvalue weighted by atomic mass is 16.6. The molecule has 5 nitrogen and oxygen atoms in total. The molecule has 0 saturated heterocycles. The van der Waals surface area contributed by atoms with Gasteiger partial charge in [-0.05, 0) is 6.42 Å². The number of hydrogen-bond acceptors (Lipinski definition) is 3. The molecule has 0 aliphatic rings. The highest BCUT2D eigenvalue weighted by molar-refractivity contribution is 5.73. The molecule has 0 heterocycles. The Kier molecular flexibility index (Phi) is 7.33. The van der Waals surface area contributed by atoms with Crippen molar-refractivity contribution in [2.45, 2.75) is 13.3 Å². The molecule has 0 aromatic heterocycles. The monoisotopic (exact) mass is 189 g/mol. The van der Waals surface area contributed by atoms with Crippen molar-refractivity contribution < 1.29 is 9.63 Å². The van der Waals surface area contributed by atoms with E-state index in [1.165, 1.54) is 4.90 Å². The standard InChI is InChI=1S/C8H19N3O2/c1-4-5-10-13-7-6-9-8(12)11(2)3/h10H,4-7H2,1-3H3,(H,9,12). The van der Waals surface area contributed by atoms with E-state index in [1.54, 1.807) is 14.1 Å². The first-order valence-corrected chi connectivity index (χ1v) is 4.48. The molecular formula is C8H19N3O2. The molecule has 5 heteroatoms. The Morgan fingerprint density at radius 1 is 1.38 bits per heavy atom. The topological polar surface area (TPSA) is 53.6 Å². The number of amides is 2. The van der Waals surface area contributed by atoms with E-state index in [9.17, 15) is 4.79 Å². The van der Waals surface area contributed by atoms with Gasteiger partial charge in [0.15, 0.2) is 0 Å².